The smallest absolute Gasteiger partial charge is 0.245 e. The number of anilines is 2. The van der Waals surface area contributed by atoms with Crippen molar-refractivity contribution in [2.24, 2.45) is 0 Å². The van der Waals surface area contributed by atoms with Crippen LogP contribution >= 0.6 is 0 Å². The van der Waals surface area contributed by atoms with Crippen molar-refractivity contribution in [3.8, 4) is 0 Å². The van der Waals surface area contributed by atoms with Gasteiger partial charge >= 0.3 is 0 Å². The van der Waals surface area contributed by atoms with Crippen LogP contribution in [0.5, 0.6) is 0 Å². The number of benzene rings is 1. The molecule has 2 rings (SSSR count). The summed E-state index contributed by atoms with van der Waals surface area (Å²) in [5.74, 6) is -0.140. The normalized spacial score (nSPS) is 18.4. The molecule has 1 aromatic carbocycles. The lowest BCUT2D eigenvalue weighted by molar-refractivity contribution is -0.126. The van der Waals surface area contributed by atoms with Crippen molar-refractivity contribution in [3.05, 3.63) is 18.2 Å². The van der Waals surface area contributed by atoms with E-state index in [0.29, 0.717) is 24.5 Å². The van der Waals surface area contributed by atoms with Crippen LogP contribution in [0.1, 0.15) is 13.8 Å². The Kier molecular flexibility index (Phi) is 3.85. The number of carbonyl (C=O) groups is 1. The van der Waals surface area contributed by atoms with E-state index in [1.54, 1.807) is 30.9 Å². The summed E-state index contributed by atoms with van der Waals surface area (Å²) in [6.07, 6.45) is 0. The van der Waals surface area contributed by atoms with Crippen LogP contribution in [-0.2, 0) is 14.8 Å². The highest BCUT2D eigenvalue weighted by Gasteiger charge is 2.39. The number of piperazine rings is 1. The van der Waals surface area contributed by atoms with Gasteiger partial charge in [-0.2, -0.15) is 0 Å². The Labute approximate surface area is 124 Å². The fraction of sp³-hybridized carbons (Fsp3) is 0.462. The predicted octanol–water partition coefficient (Wildman–Crippen LogP) is -0.108. The summed E-state index contributed by atoms with van der Waals surface area (Å²) in [6, 6.07) is 4.68. The quantitative estimate of drug-likeness (QED) is 0.676. The molecule has 0 aliphatic carbocycles. The fourth-order valence-corrected chi connectivity index (χ4v) is 3.36. The third kappa shape index (κ3) is 2.68. The Hall–Kier alpha value is -1.80. The van der Waals surface area contributed by atoms with E-state index in [0.717, 1.165) is 0 Å². The van der Waals surface area contributed by atoms with Gasteiger partial charge < -0.3 is 16.0 Å². The van der Waals surface area contributed by atoms with Crippen LogP contribution in [-0.4, -0.2) is 40.0 Å². The molecule has 1 aliphatic heterocycles. The van der Waals surface area contributed by atoms with Crippen molar-refractivity contribution in [3.63, 3.8) is 0 Å². The summed E-state index contributed by atoms with van der Waals surface area (Å²) >= 11 is 0. The number of carbonyl (C=O) groups excluding carboxylic acids is 1. The average molecular weight is 312 g/mol. The molecule has 1 saturated heterocycles. The number of amides is 1. The lowest BCUT2D eigenvalue weighted by Crippen LogP contribution is -2.62. The van der Waals surface area contributed by atoms with Gasteiger partial charge in [0.2, 0.25) is 15.9 Å². The van der Waals surface area contributed by atoms with Crippen LogP contribution in [0.4, 0.5) is 11.4 Å². The molecule has 0 aromatic heterocycles. The zero-order valence-corrected chi connectivity index (χ0v) is 13.1. The third-order valence-corrected chi connectivity index (χ3v) is 5.13. The third-order valence-electron chi connectivity index (χ3n) is 3.68. The van der Waals surface area contributed by atoms with Crippen molar-refractivity contribution in [2.45, 2.75) is 24.3 Å². The predicted molar refractivity (Wildman–Crippen MR) is 81.5 cm³/mol. The average Bonchev–Trinajstić information content (AvgIpc) is 2.42. The molecule has 0 saturated carbocycles. The van der Waals surface area contributed by atoms with Crippen LogP contribution in [0.25, 0.3) is 0 Å². The summed E-state index contributed by atoms with van der Waals surface area (Å²) in [5.41, 5.74) is 5.70. The first-order valence-corrected chi connectivity index (χ1v) is 8.07. The van der Waals surface area contributed by atoms with Gasteiger partial charge in [-0.05, 0) is 39.1 Å². The molecule has 1 heterocycles. The van der Waals surface area contributed by atoms with Gasteiger partial charge in [0.25, 0.3) is 0 Å². The molecule has 0 radical (unpaired) electrons. The highest BCUT2D eigenvalue weighted by Crippen LogP contribution is 2.33. The number of hydrogen-bond donors (Lipinski definition) is 3. The number of nitrogens with two attached hydrogens (primary N) is 1. The maximum Gasteiger partial charge on any atom is 0.245 e. The van der Waals surface area contributed by atoms with Gasteiger partial charge in [0, 0.05) is 18.8 Å². The molecule has 21 heavy (non-hydrogen) atoms. The van der Waals surface area contributed by atoms with Crippen LogP contribution in [0.15, 0.2) is 23.1 Å². The van der Waals surface area contributed by atoms with Gasteiger partial charge in [-0.1, -0.05) is 0 Å². The number of rotatable bonds is 3. The Morgan fingerprint density at radius 2 is 2.05 bits per heavy atom. The molecule has 0 bridgehead atoms. The topological polar surface area (TPSA) is 105 Å². The highest BCUT2D eigenvalue weighted by molar-refractivity contribution is 7.89. The Bertz CT molecular complexity index is 670. The van der Waals surface area contributed by atoms with Gasteiger partial charge in [0.05, 0.1) is 5.69 Å². The van der Waals surface area contributed by atoms with Crippen molar-refractivity contribution in [1.82, 2.24) is 10.0 Å². The number of hydrogen-bond acceptors (Lipinski definition) is 5. The minimum absolute atomic E-state index is 0.0766. The van der Waals surface area contributed by atoms with Crippen molar-refractivity contribution >= 4 is 27.3 Å². The number of sulfonamides is 1. The number of nitrogens with one attached hydrogen (secondary N) is 2. The number of nitrogens with zero attached hydrogens (tertiary/aromatic N) is 1. The molecule has 1 amide bonds. The van der Waals surface area contributed by atoms with Gasteiger partial charge in [-0.15, -0.1) is 0 Å². The molecule has 0 atom stereocenters. The Balaban J connectivity index is 2.61. The fourth-order valence-electron chi connectivity index (χ4n) is 2.40. The lowest BCUT2D eigenvalue weighted by Gasteiger charge is -2.43. The molecule has 4 N–H and O–H groups in total. The molecular weight excluding hydrogens is 292 g/mol. The highest BCUT2D eigenvalue weighted by atomic mass is 32.2. The van der Waals surface area contributed by atoms with Crippen molar-refractivity contribution in [1.29, 1.82) is 0 Å². The largest absolute Gasteiger partial charge is 0.399 e. The minimum atomic E-state index is -3.67. The van der Waals surface area contributed by atoms with Gasteiger partial charge in [-0.25, -0.2) is 13.1 Å². The minimum Gasteiger partial charge on any atom is -0.399 e. The van der Waals surface area contributed by atoms with E-state index in [1.807, 2.05) is 0 Å². The molecule has 8 heteroatoms. The summed E-state index contributed by atoms with van der Waals surface area (Å²) in [6.45, 7) is 4.50. The first kappa shape index (κ1) is 15.6. The molecule has 0 unspecified atom stereocenters. The second kappa shape index (κ2) is 5.19. The Morgan fingerprint density at radius 3 is 2.67 bits per heavy atom. The maximum absolute atomic E-state index is 12.2. The number of nitrogen functional groups attached to an aromatic ring is 1. The zero-order chi connectivity index (χ0) is 15.8. The Morgan fingerprint density at radius 1 is 1.38 bits per heavy atom. The van der Waals surface area contributed by atoms with E-state index in [1.165, 1.54) is 13.1 Å². The molecule has 1 aromatic rings. The molecule has 0 spiro atoms. The second-order valence-electron chi connectivity index (χ2n) is 5.40. The van der Waals surface area contributed by atoms with E-state index in [2.05, 4.69) is 10.0 Å². The summed E-state index contributed by atoms with van der Waals surface area (Å²) < 4.78 is 26.7. The van der Waals surface area contributed by atoms with Crippen molar-refractivity contribution in [2.75, 3.05) is 30.8 Å². The van der Waals surface area contributed by atoms with Crippen molar-refractivity contribution < 1.29 is 13.2 Å². The lowest BCUT2D eigenvalue weighted by atomic mass is 9.98. The summed E-state index contributed by atoms with van der Waals surface area (Å²) in [5, 5.41) is 2.79. The van der Waals surface area contributed by atoms with Gasteiger partial charge in [0.1, 0.15) is 10.4 Å². The van der Waals surface area contributed by atoms with Crippen LogP contribution in [0, 0.1) is 0 Å². The monoisotopic (exact) mass is 312 g/mol. The molecular formula is C13H20N4O3S. The molecule has 116 valence electrons. The first-order valence-electron chi connectivity index (χ1n) is 6.59. The summed E-state index contributed by atoms with van der Waals surface area (Å²) in [4.78, 5) is 13.9. The summed E-state index contributed by atoms with van der Waals surface area (Å²) in [7, 11) is -2.33. The van der Waals surface area contributed by atoms with Crippen LogP contribution in [0.3, 0.4) is 0 Å². The zero-order valence-electron chi connectivity index (χ0n) is 12.3. The van der Waals surface area contributed by atoms with Gasteiger partial charge in [0.15, 0.2) is 0 Å². The standard InChI is InChI=1S/C13H20N4O3S/c1-13(2)12(18)16-6-7-17(13)10-5-4-9(14)8-11(10)21(19,20)15-3/h4-5,8,15H,6-7,14H2,1-3H3,(H,16,18). The van der Waals surface area contributed by atoms with Gasteiger partial charge in [-0.3, -0.25) is 4.79 Å². The van der Waals surface area contributed by atoms with Crippen LogP contribution in [0.2, 0.25) is 0 Å². The SMILES string of the molecule is CNS(=O)(=O)c1cc(N)ccc1N1CCNC(=O)C1(C)C. The van der Waals surface area contributed by atoms with E-state index < -0.39 is 15.6 Å². The van der Waals surface area contributed by atoms with E-state index in [4.69, 9.17) is 5.73 Å². The second-order valence-corrected chi connectivity index (χ2v) is 7.26. The van der Waals surface area contributed by atoms with E-state index in [9.17, 15) is 13.2 Å². The molecule has 7 nitrogen and oxygen atoms in total. The van der Waals surface area contributed by atoms with E-state index >= 15 is 0 Å². The first-order chi connectivity index (χ1) is 9.70. The van der Waals surface area contributed by atoms with E-state index in [-0.39, 0.29) is 10.8 Å². The van der Waals surface area contributed by atoms with Crippen LogP contribution < -0.4 is 20.7 Å². The maximum atomic E-state index is 12.2. The molecule has 1 aliphatic rings. The molecule has 1 fully saturated rings.